The van der Waals surface area contributed by atoms with Gasteiger partial charge in [0.25, 0.3) is 0 Å². The number of carbonyl (C=O) groups excluding carboxylic acids is 1. The van der Waals surface area contributed by atoms with Gasteiger partial charge in [-0.1, -0.05) is 18.5 Å². The SMILES string of the molecule is CCC(Oc1cc2ncnc(Nc3ccc(F)c(Cl)c3)c2cc1OCC1CC1)N1CCC2(CCOC(=O)C2)CC1. The number of fused-ring (bicyclic) bond motifs is 1. The Balaban J connectivity index is 1.24. The molecule has 212 valence electrons. The van der Waals surface area contributed by atoms with Crippen molar-refractivity contribution in [3.05, 3.63) is 47.5 Å². The molecule has 1 aromatic heterocycles. The van der Waals surface area contributed by atoms with E-state index >= 15 is 0 Å². The molecule has 1 spiro atoms. The van der Waals surface area contributed by atoms with E-state index in [0.717, 1.165) is 44.2 Å². The number of nitrogens with zero attached hydrogens (tertiary/aromatic N) is 3. The lowest BCUT2D eigenvalue weighted by Crippen LogP contribution is -2.49. The first kappa shape index (κ1) is 27.0. The van der Waals surface area contributed by atoms with Crippen LogP contribution in [-0.2, 0) is 9.53 Å². The molecule has 6 rings (SSSR count). The van der Waals surface area contributed by atoms with Gasteiger partial charge in [-0.25, -0.2) is 14.4 Å². The third-order valence-corrected chi connectivity index (χ3v) is 8.64. The van der Waals surface area contributed by atoms with Crippen LogP contribution in [0.2, 0.25) is 5.02 Å². The van der Waals surface area contributed by atoms with Gasteiger partial charge in [-0.15, -0.1) is 0 Å². The normalized spacial score (nSPS) is 19.8. The highest BCUT2D eigenvalue weighted by atomic mass is 35.5. The van der Waals surface area contributed by atoms with Crippen molar-refractivity contribution in [2.45, 2.75) is 58.1 Å². The van der Waals surface area contributed by atoms with Crippen LogP contribution < -0.4 is 14.8 Å². The molecule has 0 radical (unpaired) electrons. The van der Waals surface area contributed by atoms with E-state index in [1.165, 1.54) is 31.3 Å². The van der Waals surface area contributed by atoms with E-state index in [4.69, 9.17) is 25.8 Å². The van der Waals surface area contributed by atoms with Gasteiger partial charge in [0.2, 0.25) is 0 Å². The van der Waals surface area contributed by atoms with Gasteiger partial charge in [0.1, 0.15) is 18.0 Å². The molecule has 1 saturated carbocycles. The van der Waals surface area contributed by atoms with E-state index in [-0.39, 0.29) is 22.6 Å². The zero-order valence-corrected chi connectivity index (χ0v) is 23.4. The van der Waals surface area contributed by atoms with Crippen molar-refractivity contribution in [1.82, 2.24) is 14.9 Å². The molecule has 10 heteroatoms. The highest BCUT2D eigenvalue weighted by molar-refractivity contribution is 6.31. The number of rotatable bonds is 9. The number of likely N-dealkylation sites (tertiary alicyclic amines) is 1. The second kappa shape index (κ2) is 11.4. The van der Waals surface area contributed by atoms with E-state index in [1.54, 1.807) is 6.07 Å². The molecular weight excluding hydrogens is 535 g/mol. The van der Waals surface area contributed by atoms with Crippen molar-refractivity contribution in [2.24, 2.45) is 11.3 Å². The molecule has 3 heterocycles. The summed E-state index contributed by atoms with van der Waals surface area (Å²) in [6.07, 6.45) is 7.88. The maximum Gasteiger partial charge on any atom is 0.306 e. The van der Waals surface area contributed by atoms with Gasteiger partial charge < -0.3 is 19.5 Å². The monoisotopic (exact) mass is 568 g/mol. The quantitative estimate of drug-likeness (QED) is 0.293. The second-order valence-electron chi connectivity index (χ2n) is 11.2. The van der Waals surface area contributed by atoms with E-state index in [2.05, 4.69) is 27.1 Å². The molecule has 2 aliphatic heterocycles. The Bertz CT molecular complexity index is 1390. The van der Waals surface area contributed by atoms with Crippen molar-refractivity contribution in [2.75, 3.05) is 31.6 Å². The predicted octanol–water partition coefficient (Wildman–Crippen LogP) is 6.49. The van der Waals surface area contributed by atoms with Gasteiger partial charge in [-0.2, -0.15) is 0 Å². The Morgan fingerprint density at radius 2 is 2.00 bits per heavy atom. The lowest BCUT2D eigenvalue weighted by molar-refractivity contribution is -0.156. The molecule has 3 aromatic rings. The summed E-state index contributed by atoms with van der Waals surface area (Å²) in [7, 11) is 0. The van der Waals surface area contributed by atoms with E-state index < -0.39 is 5.82 Å². The first-order valence-electron chi connectivity index (χ1n) is 14.1. The van der Waals surface area contributed by atoms with Crippen molar-refractivity contribution in [3.8, 4) is 11.5 Å². The van der Waals surface area contributed by atoms with Gasteiger partial charge in [0.05, 0.1) is 30.2 Å². The Morgan fingerprint density at radius 1 is 1.18 bits per heavy atom. The molecule has 0 amide bonds. The molecule has 1 atom stereocenters. The topological polar surface area (TPSA) is 85.8 Å². The number of hydrogen-bond donors (Lipinski definition) is 1. The molecular formula is C30H34ClFN4O4. The first-order valence-corrected chi connectivity index (χ1v) is 14.5. The maximum absolute atomic E-state index is 13.7. The summed E-state index contributed by atoms with van der Waals surface area (Å²) in [6.45, 7) is 5.02. The van der Waals surface area contributed by atoms with Crippen LogP contribution >= 0.6 is 11.6 Å². The van der Waals surface area contributed by atoms with Crippen LogP contribution in [0.1, 0.15) is 51.9 Å². The van der Waals surface area contributed by atoms with Crippen molar-refractivity contribution in [1.29, 1.82) is 0 Å². The Labute approximate surface area is 238 Å². The standard InChI is InChI=1S/C30H34ClFN4O4/c1-2-27(36-10-7-30(8-11-36)9-12-38-28(37)16-30)40-26-15-24-21(14-25(26)39-17-19-3-4-19)29(34-18-33-24)35-20-5-6-23(32)22(31)13-20/h5-6,13-15,18-19,27H,2-4,7-12,16-17H2,1H3,(H,33,34,35). The van der Waals surface area contributed by atoms with Crippen LogP contribution in [-0.4, -0.2) is 53.4 Å². The summed E-state index contributed by atoms with van der Waals surface area (Å²) in [5.41, 5.74) is 1.38. The minimum atomic E-state index is -0.479. The zero-order valence-electron chi connectivity index (χ0n) is 22.6. The number of anilines is 2. The lowest BCUT2D eigenvalue weighted by Gasteiger charge is -2.45. The van der Waals surface area contributed by atoms with Crippen LogP contribution in [0.25, 0.3) is 10.9 Å². The molecule has 3 aliphatic rings. The number of halogens is 2. The molecule has 2 saturated heterocycles. The summed E-state index contributed by atoms with van der Waals surface area (Å²) < 4.78 is 31.8. The molecule has 1 N–H and O–H groups in total. The summed E-state index contributed by atoms with van der Waals surface area (Å²) in [5.74, 6) is 1.88. The fourth-order valence-electron chi connectivity index (χ4n) is 5.67. The number of carbonyl (C=O) groups is 1. The number of benzene rings is 2. The van der Waals surface area contributed by atoms with Gasteiger partial charge in [0.15, 0.2) is 17.7 Å². The van der Waals surface area contributed by atoms with Gasteiger partial charge >= 0.3 is 5.97 Å². The third-order valence-electron chi connectivity index (χ3n) is 8.35. The molecule has 40 heavy (non-hydrogen) atoms. The predicted molar refractivity (Wildman–Crippen MR) is 151 cm³/mol. The Hall–Kier alpha value is -3.17. The number of cyclic esters (lactones) is 1. The van der Waals surface area contributed by atoms with Gasteiger partial charge in [-0.05, 0) is 74.1 Å². The van der Waals surface area contributed by atoms with Crippen molar-refractivity contribution < 1.29 is 23.4 Å². The number of piperidine rings is 1. The van der Waals surface area contributed by atoms with Crippen LogP contribution in [0.15, 0.2) is 36.7 Å². The first-order chi connectivity index (χ1) is 19.4. The van der Waals surface area contributed by atoms with E-state index in [1.807, 2.05) is 12.1 Å². The van der Waals surface area contributed by atoms with E-state index in [0.29, 0.717) is 54.1 Å². The van der Waals surface area contributed by atoms with Crippen LogP contribution in [0, 0.1) is 17.2 Å². The van der Waals surface area contributed by atoms with Crippen molar-refractivity contribution in [3.63, 3.8) is 0 Å². The molecule has 1 unspecified atom stereocenters. The molecule has 3 fully saturated rings. The zero-order chi connectivity index (χ0) is 27.7. The fraction of sp³-hybridized carbons (Fsp3) is 0.500. The fourth-order valence-corrected chi connectivity index (χ4v) is 5.85. The number of ether oxygens (including phenoxy) is 3. The van der Waals surface area contributed by atoms with Crippen LogP contribution in [0.5, 0.6) is 11.5 Å². The maximum atomic E-state index is 13.7. The molecule has 2 aromatic carbocycles. The minimum absolute atomic E-state index is 0.0326. The second-order valence-corrected chi connectivity index (χ2v) is 11.6. The summed E-state index contributed by atoms with van der Waals surface area (Å²) in [5, 5.41) is 4.03. The van der Waals surface area contributed by atoms with Crippen LogP contribution in [0.4, 0.5) is 15.9 Å². The summed E-state index contributed by atoms with van der Waals surface area (Å²) >= 11 is 5.99. The number of aromatic nitrogens is 2. The average Bonchev–Trinajstić information content (AvgIpc) is 3.78. The highest BCUT2D eigenvalue weighted by Crippen LogP contribution is 2.43. The number of esters is 1. The molecule has 8 nitrogen and oxygen atoms in total. The highest BCUT2D eigenvalue weighted by Gasteiger charge is 2.41. The number of nitrogens with one attached hydrogen (secondary N) is 1. The average molecular weight is 569 g/mol. The largest absolute Gasteiger partial charge is 0.489 e. The Morgan fingerprint density at radius 3 is 2.73 bits per heavy atom. The molecule has 0 bridgehead atoms. The summed E-state index contributed by atoms with van der Waals surface area (Å²) in [4.78, 5) is 23.3. The third kappa shape index (κ3) is 5.95. The minimum Gasteiger partial charge on any atom is -0.489 e. The van der Waals surface area contributed by atoms with E-state index in [9.17, 15) is 9.18 Å². The van der Waals surface area contributed by atoms with Crippen molar-refractivity contribution >= 4 is 40.0 Å². The summed E-state index contributed by atoms with van der Waals surface area (Å²) in [6, 6.07) is 8.29. The van der Waals surface area contributed by atoms with Gasteiger partial charge in [0, 0.05) is 30.2 Å². The van der Waals surface area contributed by atoms with Gasteiger partial charge in [-0.3, -0.25) is 9.69 Å². The van der Waals surface area contributed by atoms with Crippen LogP contribution in [0.3, 0.4) is 0 Å². The smallest absolute Gasteiger partial charge is 0.306 e. The molecule has 1 aliphatic carbocycles. The lowest BCUT2D eigenvalue weighted by atomic mass is 9.72. The number of hydrogen-bond acceptors (Lipinski definition) is 8. The Kier molecular flexibility index (Phi) is 7.68.